The summed E-state index contributed by atoms with van der Waals surface area (Å²) in [7, 11) is 0. The summed E-state index contributed by atoms with van der Waals surface area (Å²) in [5.41, 5.74) is 0.00656. The molecule has 2 heterocycles. The summed E-state index contributed by atoms with van der Waals surface area (Å²) < 4.78 is 0. The van der Waals surface area contributed by atoms with Gasteiger partial charge in [-0.1, -0.05) is 0 Å². The Bertz CT molecular complexity index is 566. The van der Waals surface area contributed by atoms with Gasteiger partial charge in [-0.15, -0.1) is 11.3 Å². The maximum atomic E-state index is 10.5. The molecule has 5 nitrogen and oxygen atoms in total. The molecule has 0 radical (unpaired) electrons. The molecule has 0 amide bonds. The molecule has 0 bridgehead atoms. The molecule has 0 aliphatic rings. The predicted octanol–water partition coefficient (Wildman–Crippen LogP) is 3.40. The number of nitrogens with one attached hydrogen (secondary N) is 1. The molecule has 0 fully saturated rings. The molecule has 0 aromatic carbocycles. The Kier molecular flexibility index (Phi) is 4.11. The maximum Gasteiger partial charge on any atom is 0.287 e. The predicted molar refractivity (Wildman–Crippen MR) is 76.7 cm³/mol. The number of hydrogen-bond acceptors (Lipinski definition) is 5. The van der Waals surface area contributed by atoms with Crippen molar-refractivity contribution >= 4 is 22.8 Å². The first kappa shape index (κ1) is 13.5. The Morgan fingerprint density at radius 1 is 1.42 bits per heavy atom. The fourth-order valence-electron chi connectivity index (χ4n) is 1.78. The molecular weight excluding hydrogens is 262 g/mol. The van der Waals surface area contributed by atoms with E-state index in [1.807, 2.05) is 0 Å². The summed E-state index contributed by atoms with van der Waals surface area (Å²) in [6.07, 6.45) is 2.18. The Morgan fingerprint density at radius 3 is 2.74 bits per heavy atom. The van der Waals surface area contributed by atoms with Crippen LogP contribution in [0, 0.1) is 17.0 Å². The number of rotatable bonds is 5. The van der Waals surface area contributed by atoms with Gasteiger partial charge >= 0.3 is 0 Å². The molecule has 0 saturated carbocycles. The molecule has 0 spiro atoms. The number of nitrogens with zero attached hydrogens (tertiary/aromatic N) is 2. The van der Waals surface area contributed by atoms with Crippen LogP contribution in [0.1, 0.15) is 16.7 Å². The molecular formula is C13H15N3O2S. The van der Waals surface area contributed by atoms with Gasteiger partial charge < -0.3 is 5.32 Å². The van der Waals surface area contributed by atoms with Crippen LogP contribution in [0.15, 0.2) is 30.5 Å². The number of anilines is 1. The minimum absolute atomic E-state index is 0.00656. The van der Waals surface area contributed by atoms with Gasteiger partial charge in [0.05, 0.1) is 4.92 Å². The van der Waals surface area contributed by atoms with Crippen molar-refractivity contribution in [3.05, 3.63) is 50.3 Å². The van der Waals surface area contributed by atoms with E-state index in [1.54, 1.807) is 17.4 Å². The number of aromatic nitrogens is 1. The lowest BCUT2D eigenvalue weighted by Gasteiger charge is -2.13. The normalized spacial score (nSPS) is 12.1. The van der Waals surface area contributed by atoms with Gasteiger partial charge in [-0.3, -0.25) is 10.1 Å². The van der Waals surface area contributed by atoms with Gasteiger partial charge in [0.15, 0.2) is 0 Å². The van der Waals surface area contributed by atoms with E-state index in [4.69, 9.17) is 0 Å². The summed E-state index contributed by atoms with van der Waals surface area (Å²) >= 11 is 1.78. The van der Waals surface area contributed by atoms with Crippen molar-refractivity contribution in [2.45, 2.75) is 26.3 Å². The van der Waals surface area contributed by atoms with Gasteiger partial charge in [0.25, 0.3) is 5.69 Å². The van der Waals surface area contributed by atoms with Crippen molar-refractivity contribution in [1.82, 2.24) is 4.98 Å². The Labute approximate surface area is 115 Å². The van der Waals surface area contributed by atoms with E-state index in [0.717, 1.165) is 6.42 Å². The number of thiophene rings is 1. The highest BCUT2D eigenvalue weighted by molar-refractivity contribution is 7.11. The Balaban J connectivity index is 1.94. The summed E-state index contributed by atoms with van der Waals surface area (Å²) in [4.78, 5) is 16.7. The minimum atomic E-state index is -0.450. The largest absolute Gasteiger partial charge is 0.367 e. The number of aryl methyl sites for hydroxylation is 1. The lowest BCUT2D eigenvalue weighted by molar-refractivity contribution is -0.385. The monoisotopic (exact) mass is 277 g/mol. The highest BCUT2D eigenvalue weighted by atomic mass is 32.1. The van der Waals surface area contributed by atoms with Crippen LogP contribution in [0.4, 0.5) is 11.5 Å². The van der Waals surface area contributed by atoms with Crippen molar-refractivity contribution in [3.8, 4) is 0 Å². The highest BCUT2D eigenvalue weighted by Gasteiger charge is 2.08. The number of pyridine rings is 1. The summed E-state index contributed by atoms with van der Waals surface area (Å²) in [5.74, 6) is 0.659. The van der Waals surface area contributed by atoms with Gasteiger partial charge in [-0.05, 0) is 32.0 Å². The summed E-state index contributed by atoms with van der Waals surface area (Å²) in [5, 5.41) is 13.8. The molecule has 1 atom stereocenters. The lowest BCUT2D eigenvalue weighted by Crippen LogP contribution is -2.18. The first-order chi connectivity index (χ1) is 9.04. The zero-order valence-electron chi connectivity index (χ0n) is 10.8. The lowest BCUT2D eigenvalue weighted by atomic mass is 10.2. The molecule has 0 aliphatic carbocycles. The molecule has 0 aliphatic heterocycles. The van der Waals surface area contributed by atoms with E-state index < -0.39 is 4.92 Å². The van der Waals surface area contributed by atoms with Crippen LogP contribution < -0.4 is 5.32 Å². The van der Waals surface area contributed by atoms with E-state index in [1.165, 1.54) is 22.0 Å². The molecule has 2 aromatic heterocycles. The molecule has 1 N–H and O–H groups in total. The van der Waals surface area contributed by atoms with Gasteiger partial charge in [0.1, 0.15) is 12.0 Å². The molecule has 6 heteroatoms. The third-order valence-corrected chi connectivity index (χ3v) is 3.68. The molecule has 2 aromatic rings. The van der Waals surface area contributed by atoms with Crippen molar-refractivity contribution in [1.29, 1.82) is 0 Å². The molecule has 0 saturated heterocycles. The number of nitro groups is 1. The summed E-state index contributed by atoms with van der Waals surface area (Å²) in [6, 6.07) is 7.55. The van der Waals surface area contributed by atoms with Crippen LogP contribution in [0.2, 0.25) is 0 Å². The zero-order chi connectivity index (χ0) is 13.8. The van der Waals surface area contributed by atoms with Gasteiger partial charge in [0.2, 0.25) is 0 Å². The van der Waals surface area contributed by atoms with Crippen molar-refractivity contribution in [2.24, 2.45) is 0 Å². The van der Waals surface area contributed by atoms with E-state index >= 15 is 0 Å². The molecule has 2 rings (SSSR count). The van der Waals surface area contributed by atoms with E-state index in [-0.39, 0.29) is 11.7 Å². The second-order valence-electron chi connectivity index (χ2n) is 4.42. The fraction of sp³-hybridized carbons (Fsp3) is 0.308. The van der Waals surface area contributed by atoms with Crippen molar-refractivity contribution in [2.75, 3.05) is 5.32 Å². The Hall–Kier alpha value is -1.95. The van der Waals surface area contributed by atoms with E-state index in [9.17, 15) is 10.1 Å². The first-order valence-electron chi connectivity index (χ1n) is 5.97. The zero-order valence-corrected chi connectivity index (χ0v) is 11.6. The van der Waals surface area contributed by atoms with Crippen LogP contribution in [0.25, 0.3) is 0 Å². The standard InChI is InChI=1S/C13H15N3O2S/c1-9(7-12-5-3-10(2)19-12)15-13-6-4-11(8-14-13)16(17)18/h3-6,8-9H,7H2,1-2H3,(H,14,15). The fourth-order valence-corrected chi connectivity index (χ4v) is 2.80. The van der Waals surface area contributed by atoms with Crippen molar-refractivity contribution in [3.63, 3.8) is 0 Å². The van der Waals surface area contributed by atoms with Crippen molar-refractivity contribution < 1.29 is 4.92 Å². The van der Waals surface area contributed by atoms with Crippen LogP contribution in [0.3, 0.4) is 0 Å². The highest BCUT2D eigenvalue weighted by Crippen LogP contribution is 2.18. The summed E-state index contributed by atoms with van der Waals surface area (Å²) in [6.45, 7) is 4.16. The van der Waals surface area contributed by atoms with Crippen LogP contribution >= 0.6 is 11.3 Å². The van der Waals surface area contributed by atoms with Crippen LogP contribution in [-0.4, -0.2) is 15.9 Å². The topological polar surface area (TPSA) is 68.1 Å². The molecule has 19 heavy (non-hydrogen) atoms. The average Bonchev–Trinajstić information content (AvgIpc) is 2.75. The average molecular weight is 277 g/mol. The third-order valence-electron chi connectivity index (χ3n) is 2.66. The van der Waals surface area contributed by atoms with Crippen LogP contribution in [0.5, 0.6) is 0 Å². The minimum Gasteiger partial charge on any atom is -0.367 e. The smallest absolute Gasteiger partial charge is 0.287 e. The maximum absolute atomic E-state index is 10.5. The number of hydrogen-bond donors (Lipinski definition) is 1. The Morgan fingerprint density at radius 2 is 2.21 bits per heavy atom. The quantitative estimate of drug-likeness (QED) is 0.671. The second-order valence-corrected chi connectivity index (χ2v) is 5.79. The second kappa shape index (κ2) is 5.79. The molecule has 1 unspecified atom stereocenters. The third kappa shape index (κ3) is 3.75. The SMILES string of the molecule is Cc1ccc(CC(C)Nc2ccc([N+](=O)[O-])cn2)s1. The molecule has 100 valence electrons. The van der Waals surface area contributed by atoms with Gasteiger partial charge in [-0.25, -0.2) is 4.98 Å². The van der Waals surface area contributed by atoms with E-state index in [2.05, 4.69) is 36.3 Å². The van der Waals surface area contributed by atoms with Crippen LogP contribution in [-0.2, 0) is 6.42 Å². The van der Waals surface area contributed by atoms with E-state index in [0.29, 0.717) is 5.82 Å². The van der Waals surface area contributed by atoms with Gasteiger partial charge in [-0.2, -0.15) is 0 Å². The first-order valence-corrected chi connectivity index (χ1v) is 6.78. The van der Waals surface area contributed by atoms with Gasteiger partial charge in [0, 0.05) is 28.3 Å².